The SMILES string of the molecule is CCCCCC(=O)Nc1ccc2[nH]cc(C(CC(=O)OC)c3ccc(C(=O)OC)cc3OC)c2c1. The van der Waals surface area contributed by atoms with E-state index in [0.717, 1.165) is 41.3 Å². The molecule has 8 heteroatoms. The van der Waals surface area contributed by atoms with E-state index >= 15 is 0 Å². The molecular weight excluding hydrogens is 448 g/mol. The number of hydrogen-bond donors (Lipinski definition) is 2. The molecule has 1 atom stereocenters. The normalized spacial score (nSPS) is 11.7. The van der Waals surface area contributed by atoms with Crippen LogP contribution in [-0.2, 0) is 19.1 Å². The van der Waals surface area contributed by atoms with Crippen molar-refractivity contribution in [3.05, 3.63) is 59.3 Å². The zero-order valence-corrected chi connectivity index (χ0v) is 20.6. The highest BCUT2D eigenvalue weighted by Gasteiger charge is 2.26. The molecule has 0 radical (unpaired) electrons. The Morgan fingerprint density at radius 1 is 0.971 bits per heavy atom. The van der Waals surface area contributed by atoms with Crippen LogP contribution in [0.15, 0.2) is 42.6 Å². The van der Waals surface area contributed by atoms with E-state index < -0.39 is 11.9 Å². The third kappa shape index (κ3) is 6.20. The van der Waals surface area contributed by atoms with Gasteiger partial charge < -0.3 is 24.5 Å². The van der Waals surface area contributed by atoms with Crippen molar-refractivity contribution in [1.82, 2.24) is 4.98 Å². The van der Waals surface area contributed by atoms with Crippen LogP contribution in [0.1, 0.15) is 66.4 Å². The van der Waals surface area contributed by atoms with E-state index in [1.807, 2.05) is 24.4 Å². The Bertz CT molecular complexity index is 1200. The number of unbranched alkanes of at least 4 members (excludes halogenated alkanes) is 2. The lowest BCUT2D eigenvalue weighted by molar-refractivity contribution is -0.140. The first-order valence-electron chi connectivity index (χ1n) is 11.7. The number of rotatable bonds is 11. The summed E-state index contributed by atoms with van der Waals surface area (Å²) in [6, 6.07) is 10.6. The van der Waals surface area contributed by atoms with Gasteiger partial charge in [-0.25, -0.2) is 4.79 Å². The smallest absolute Gasteiger partial charge is 0.337 e. The van der Waals surface area contributed by atoms with Crippen LogP contribution in [-0.4, -0.2) is 44.2 Å². The van der Waals surface area contributed by atoms with Crippen molar-refractivity contribution in [3.8, 4) is 5.75 Å². The number of methoxy groups -OCH3 is 3. The molecule has 186 valence electrons. The fraction of sp³-hybridized carbons (Fsp3) is 0.370. The lowest BCUT2D eigenvalue weighted by atomic mass is 9.87. The highest BCUT2D eigenvalue weighted by Crippen LogP contribution is 2.39. The molecule has 0 saturated heterocycles. The van der Waals surface area contributed by atoms with Gasteiger partial charge in [0, 0.05) is 40.7 Å². The summed E-state index contributed by atoms with van der Waals surface area (Å²) in [5.41, 5.74) is 3.46. The third-order valence-electron chi connectivity index (χ3n) is 6.01. The Kier molecular flexibility index (Phi) is 8.89. The Labute approximate surface area is 204 Å². The number of fused-ring (bicyclic) bond motifs is 1. The standard InChI is InChI=1S/C27H32N2O6/c1-5-6-7-8-25(30)29-18-10-12-23-21(14-18)22(16-28-23)20(15-26(31)34-3)19-11-9-17(27(32)35-4)13-24(19)33-2/h9-14,16,20,28H,5-8,15H2,1-4H3,(H,29,30). The summed E-state index contributed by atoms with van der Waals surface area (Å²) in [5, 5.41) is 3.83. The molecule has 0 spiro atoms. The van der Waals surface area contributed by atoms with Gasteiger partial charge in [-0.3, -0.25) is 9.59 Å². The van der Waals surface area contributed by atoms with Crippen molar-refractivity contribution < 1.29 is 28.6 Å². The van der Waals surface area contributed by atoms with Gasteiger partial charge in [-0.2, -0.15) is 0 Å². The lowest BCUT2D eigenvalue weighted by Crippen LogP contribution is -2.12. The van der Waals surface area contributed by atoms with Gasteiger partial charge in [0.25, 0.3) is 0 Å². The summed E-state index contributed by atoms with van der Waals surface area (Å²) in [6.45, 7) is 2.10. The number of carbonyl (C=O) groups excluding carboxylic acids is 3. The molecule has 1 unspecified atom stereocenters. The second-order valence-electron chi connectivity index (χ2n) is 8.29. The van der Waals surface area contributed by atoms with E-state index in [2.05, 4.69) is 17.2 Å². The predicted molar refractivity (Wildman–Crippen MR) is 134 cm³/mol. The summed E-state index contributed by atoms with van der Waals surface area (Å²) in [5.74, 6) is -0.861. The van der Waals surface area contributed by atoms with Crippen LogP contribution in [0.4, 0.5) is 5.69 Å². The largest absolute Gasteiger partial charge is 0.496 e. The number of ether oxygens (including phenoxy) is 3. The van der Waals surface area contributed by atoms with Gasteiger partial charge in [-0.05, 0) is 42.3 Å². The molecule has 0 aliphatic carbocycles. The Morgan fingerprint density at radius 3 is 2.46 bits per heavy atom. The maximum Gasteiger partial charge on any atom is 0.337 e. The van der Waals surface area contributed by atoms with Crippen molar-refractivity contribution in [2.24, 2.45) is 0 Å². The molecule has 0 aliphatic rings. The van der Waals surface area contributed by atoms with E-state index in [0.29, 0.717) is 23.4 Å². The number of amides is 1. The zero-order chi connectivity index (χ0) is 25.4. The second-order valence-corrected chi connectivity index (χ2v) is 8.29. The number of aromatic nitrogens is 1. The summed E-state index contributed by atoms with van der Waals surface area (Å²) >= 11 is 0. The molecule has 0 bridgehead atoms. The number of aromatic amines is 1. The topological polar surface area (TPSA) is 107 Å². The molecule has 0 aliphatic heterocycles. The zero-order valence-electron chi connectivity index (χ0n) is 20.6. The number of nitrogens with one attached hydrogen (secondary N) is 2. The summed E-state index contributed by atoms with van der Waals surface area (Å²) in [4.78, 5) is 40.0. The average Bonchev–Trinajstić information content (AvgIpc) is 3.29. The molecule has 0 fully saturated rings. The Morgan fingerprint density at radius 2 is 1.77 bits per heavy atom. The number of hydrogen-bond acceptors (Lipinski definition) is 6. The van der Waals surface area contributed by atoms with Crippen molar-refractivity contribution in [3.63, 3.8) is 0 Å². The second kappa shape index (κ2) is 12.1. The molecule has 2 aromatic carbocycles. The van der Waals surface area contributed by atoms with E-state index in [1.54, 1.807) is 18.2 Å². The minimum absolute atomic E-state index is 0.0268. The van der Waals surface area contributed by atoms with Gasteiger partial charge in [0.15, 0.2) is 0 Å². The van der Waals surface area contributed by atoms with Crippen molar-refractivity contribution in [1.29, 1.82) is 0 Å². The molecule has 3 rings (SSSR count). The first-order valence-corrected chi connectivity index (χ1v) is 11.7. The van der Waals surface area contributed by atoms with Crippen LogP contribution < -0.4 is 10.1 Å². The fourth-order valence-electron chi connectivity index (χ4n) is 4.15. The quantitative estimate of drug-likeness (QED) is 0.289. The fourth-order valence-corrected chi connectivity index (χ4v) is 4.15. The number of esters is 2. The van der Waals surface area contributed by atoms with Gasteiger partial charge in [0.05, 0.1) is 33.3 Å². The summed E-state index contributed by atoms with van der Waals surface area (Å²) < 4.78 is 15.4. The van der Waals surface area contributed by atoms with E-state index in [9.17, 15) is 14.4 Å². The highest BCUT2D eigenvalue weighted by molar-refractivity contribution is 5.95. The van der Waals surface area contributed by atoms with E-state index in [1.165, 1.54) is 21.3 Å². The monoisotopic (exact) mass is 480 g/mol. The third-order valence-corrected chi connectivity index (χ3v) is 6.01. The van der Waals surface area contributed by atoms with Crippen molar-refractivity contribution in [2.45, 2.75) is 44.9 Å². The number of anilines is 1. The first kappa shape index (κ1) is 25.8. The number of carbonyl (C=O) groups is 3. The van der Waals surface area contributed by atoms with Crippen LogP contribution in [0.2, 0.25) is 0 Å². The number of benzene rings is 2. The highest BCUT2D eigenvalue weighted by atomic mass is 16.5. The lowest BCUT2D eigenvalue weighted by Gasteiger charge is -2.20. The maximum atomic E-state index is 12.4. The Balaban J connectivity index is 2.02. The number of H-pyrrole nitrogens is 1. The first-order chi connectivity index (χ1) is 16.9. The molecule has 0 saturated carbocycles. The molecule has 1 heterocycles. The summed E-state index contributed by atoms with van der Waals surface area (Å²) in [7, 11) is 4.17. The predicted octanol–water partition coefficient (Wildman–Crippen LogP) is 5.18. The van der Waals surface area contributed by atoms with E-state index in [-0.39, 0.29) is 18.3 Å². The molecule has 2 N–H and O–H groups in total. The average molecular weight is 481 g/mol. The summed E-state index contributed by atoms with van der Waals surface area (Å²) in [6.07, 6.45) is 5.30. The molecule has 1 aromatic heterocycles. The van der Waals surface area contributed by atoms with Crippen molar-refractivity contribution >= 4 is 34.4 Å². The van der Waals surface area contributed by atoms with Crippen LogP contribution in [0.25, 0.3) is 10.9 Å². The van der Waals surface area contributed by atoms with E-state index in [4.69, 9.17) is 14.2 Å². The molecule has 1 amide bonds. The van der Waals surface area contributed by atoms with Crippen LogP contribution in [0.3, 0.4) is 0 Å². The molecule has 35 heavy (non-hydrogen) atoms. The molecular formula is C27H32N2O6. The van der Waals surface area contributed by atoms with Gasteiger partial charge >= 0.3 is 11.9 Å². The van der Waals surface area contributed by atoms with Gasteiger partial charge in [0.1, 0.15) is 5.75 Å². The minimum Gasteiger partial charge on any atom is -0.496 e. The van der Waals surface area contributed by atoms with Gasteiger partial charge in [-0.1, -0.05) is 25.8 Å². The van der Waals surface area contributed by atoms with Gasteiger partial charge in [0.2, 0.25) is 5.91 Å². The maximum absolute atomic E-state index is 12.4. The molecule has 3 aromatic rings. The Hall–Kier alpha value is -3.81. The van der Waals surface area contributed by atoms with Crippen LogP contribution in [0.5, 0.6) is 5.75 Å². The van der Waals surface area contributed by atoms with Crippen molar-refractivity contribution in [2.75, 3.05) is 26.6 Å². The minimum atomic E-state index is -0.481. The van der Waals surface area contributed by atoms with Crippen LogP contribution >= 0.6 is 0 Å². The molecule has 8 nitrogen and oxygen atoms in total. The van der Waals surface area contributed by atoms with Crippen LogP contribution in [0, 0.1) is 0 Å². The van der Waals surface area contributed by atoms with Gasteiger partial charge in [-0.15, -0.1) is 0 Å².